The lowest BCUT2D eigenvalue weighted by molar-refractivity contribution is -0.164. The number of alkyl carbamates (subject to hydrolysis) is 1. The topological polar surface area (TPSA) is 84.9 Å². The molecule has 0 aliphatic carbocycles. The molecule has 1 aromatic rings. The number of carbonyl (C=O) groups excluding carboxylic acids is 3. The Morgan fingerprint density at radius 3 is 2.48 bits per heavy atom. The highest BCUT2D eigenvalue weighted by Crippen LogP contribution is 2.51. The average molecular weight is 482 g/mol. The third-order valence-corrected chi connectivity index (χ3v) is 6.43. The zero-order chi connectivity index (χ0) is 21.4. The number of alkyl halides is 3. The van der Waals surface area contributed by atoms with Crippen molar-refractivity contribution in [1.29, 1.82) is 0 Å². The Morgan fingerprint density at radius 2 is 1.86 bits per heavy atom. The van der Waals surface area contributed by atoms with Gasteiger partial charge in [0.05, 0.1) is 0 Å². The summed E-state index contributed by atoms with van der Waals surface area (Å²) in [6.45, 7) is 3.38. The zero-order valence-electron chi connectivity index (χ0n) is 15.6. The van der Waals surface area contributed by atoms with Crippen LogP contribution in [0.3, 0.4) is 0 Å². The first kappa shape index (κ1) is 22.3. The van der Waals surface area contributed by atoms with Crippen LogP contribution < -0.4 is 5.32 Å². The molecule has 3 rings (SSSR count). The summed E-state index contributed by atoms with van der Waals surface area (Å²) in [7, 11) is 0. The third kappa shape index (κ3) is 5.05. The number of nitrogens with zero attached hydrogens (tertiary/aromatic N) is 1. The molecule has 0 aromatic heterocycles. The highest BCUT2D eigenvalue weighted by atomic mass is 35.6. The Morgan fingerprint density at radius 1 is 1.21 bits per heavy atom. The van der Waals surface area contributed by atoms with E-state index in [1.54, 1.807) is 0 Å². The van der Waals surface area contributed by atoms with Gasteiger partial charge in [-0.25, -0.2) is 9.59 Å². The first-order valence-electron chi connectivity index (χ1n) is 8.70. The number of amides is 2. The summed E-state index contributed by atoms with van der Waals surface area (Å²) in [5.41, 5.74) is 0.854. The molecule has 2 heterocycles. The first-order valence-corrected chi connectivity index (χ1v) is 10.7. The summed E-state index contributed by atoms with van der Waals surface area (Å²) in [4.78, 5) is 38.7. The van der Waals surface area contributed by atoms with E-state index in [-0.39, 0.29) is 12.5 Å². The van der Waals surface area contributed by atoms with Crippen LogP contribution in [0.15, 0.2) is 30.3 Å². The summed E-state index contributed by atoms with van der Waals surface area (Å²) >= 11 is 18.0. The Balaban J connectivity index is 1.60. The summed E-state index contributed by atoms with van der Waals surface area (Å²) in [5, 5.41) is 2.05. The molecule has 2 saturated heterocycles. The number of thioether (sulfide) groups is 1. The predicted molar refractivity (Wildman–Crippen MR) is 111 cm³/mol. The second kappa shape index (κ2) is 8.41. The number of halogens is 3. The van der Waals surface area contributed by atoms with Crippen molar-refractivity contribution in [2.24, 2.45) is 0 Å². The van der Waals surface area contributed by atoms with Crippen LogP contribution in [-0.2, 0) is 25.7 Å². The van der Waals surface area contributed by atoms with Gasteiger partial charge in [-0.15, -0.1) is 11.8 Å². The number of hydrogen-bond acceptors (Lipinski definition) is 6. The normalized spacial score (nSPS) is 25.1. The van der Waals surface area contributed by atoms with E-state index in [0.717, 1.165) is 5.56 Å². The van der Waals surface area contributed by atoms with Crippen molar-refractivity contribution < 1.29 is 23.9 Å². The summed E-state index contributed by atoms with van der Waals surface area (Å²) < 4.78 is 7.91. The molecule has 7 nitrogen and oxygen atoms in total. The highest BCUT2D eigenvalue weighted by molar-refractivity contribution is 8.01. The molecule has 0 saturated carbocycles. The van der Waals surface area contributed by atoms with Crippen molar-refractivity contribution in [3.8, 4) is 0 Å². The largest absolute Gasteiger partial charge is 0.459 e. The number of rotatable bonds is 5. The molecule has 1 N–H and O–H groups in total. The van der Waals surface area contributed by atoms with Crippen LogP contribution in [0.1, 0.15) is 19.4 Å². The molecule has 0 spiro atoms. The molecule has 0 bridgehead atoms. The van der Waals surface area contributed by atoms with Crippen LogP contribution in [0.4, 0.5) is 4.79 Å². The van der Waals surface area contributed by atoms with Gasteiger partial charge in [0.25, 0.3) is 0 Å². The van der Waals surface area contributed by atoms with Gasteiger partial charge in [0.2, 0.25) is 9.70 Å². The molecule has 2 aliphatic heterocycles. The second-order valence-corrected chi connectivity index (χ2v) is 11.5. The summed E-state index contributed by atoms with van der Waals surface area (Å²) in [5.74, 6) is -0.875. The molecular weight excluding hydrogens is 463 g/mol. The standard InChI is InChI=1S/C18H19Cl3N2O5S/c1-17(2)12(15(25)27-8-10-6-4-3-5-7-10)23-13(24)11(14(23)29-17)22-16(26)28-9-18(19,20)21/h3-7,11-12,14H,8-9H2,1-2H3,(H,22,26)/t11-,12-,14+/m0/s1. The smallest absolute Gasteiger partial charge is 0.408 e. The molecule has 0 radical (unpaired) electrons. The van der Waals surface area contributed by atoms with E-state index in [4.69, 9.17) is 44.3 Å². The predicted octanol–water partition coefficient (Wildman–Crippen LogP) is 3.26. The van der Waals surface area contributed by atoms with E-state index in [1.807, 2.05) is 44.2 Å². The number of β-lactam (4-membered cyclic amide) rings is 1. The number of nitrogens with one attached hydrogen (secondary N) is 1. The highest BCUT2D eigenvalue weighted by Gasteiger charge is 2.64. The quantitative estimate of drug-likeness (QED) is 0.395. The number of carbonyl (C=O) groups is 3. The minimum atomic E-state index is -1.75. The van der Waals surface area contributed by atoms with Gasteiger partial charge in [-0.3, -0.25) is 4.79 Å². The number of fused-ring (bicyclic) bond motifs is 1. The van der Waals surface area contributed by atoms with Crippen molar-refractivity contribution in [2.45, 2.75) is 46.5 Å². The Hall–Kier alpha value is -1.35. The lowest BCUT2D eigenvalue weighted by Crippen LogP contribution is -2.70. The van der Waals surface area contributed by atoms with Gasteiger partial charge in [0.1, 0.15) is 30.7 Å². The van der Waals surface area contributed by atoms with Gasteiger partial charge < -0.3 is 19.7 Å². The molecule has 3 atom stereocenters. The number of ether oxygens (including phenoxy) is 2. The van der Waals surface area contributed by atoms with Crippen molar-refractivity contribution in [1.82, 2.24) is 10.2 Å². The minimum Gasteiger partial charge on any atom is -0.459 e. The van der Waals surface area contributed by atoms with Gasteiger partial charge in [-0.1, -0.05) is 65.1 Å². The molecule has 2 amide bonds. The lowest BCUT2D eigenvalue weighted by atomic mass is 9.96. The molecule has 2 aliphatic rings. The van der Waals surface area contributed by atoms with Crippen LogP contribution in [0, 0.1) is 0 Å². The van der Waals surface area contributed by atoms with E-state index in [2.05, 4.69) is 5.32 Å². The molecular formula is C18H19Cl3N2O5S. The zero-order valence-corrected chi connectivity index (χ0v) is 18.6. The Kier molecular flexibility index (Phi) is 6.48. The van der Waals surface area contributed by atoms with Crippen LogP contribution in [0.25, 0.3) is 0 Å². The van der Waals surface area contributed by atoms with E-state index in [0.29, 0.717) is 0 Å². The Labute approximate surface area is 187 Å². The number of hydrogen-bond donors (Lipinski definition) is 1. The Bertz CT molecular complexity index is 802. The molecule has 11 heteroatoms. The SMILES string of the molecule is CC1(C)S[C@@H]2[C@@H](NC(=O)OCC(Cl)(Cl)Cl)C(=O)N2[C@H]1C(=O)OCc1ccccc1. The van der Waals surface area contributed by atoms with E-state index in [1.165, 1.54) is 16.7 Å². The molecule has 29 heavy (non-hydrogen) atoms. The number of benzene rings is 1. The maximum Gasteiger partial charge on any atom is 0.408 e. The maximum atomic E-state index is 12.7. The average Bonchev–Trinajstić information content (AvgIpc) is 2.91. The second-order valence-electron chi connectivity index (χ2n) is 7.17. The molecule has 1 aromatic carbocycles. The van der Waals surface area contributed by atoms with Crippen LogP contribution >= 0.6 is 46.6 Å². The molecule has 158 valence electrons. The molecule has 2 fully saturated rings. The van der Waals surface area contributed by atoms with Crippen molar-refractivity contribution >= 4 is 64.5 Å². The van der Waals surface area contributed by atoms with Gasteiger partial charge in [0, 0.05) is 4.75 Å². The van der Waals surface area contributed by atoms with Gasteiger partial charge in [0.15, 0.2) is 0 Å². The van der Waals surface area contributed by atoms with Crippen LogP contribution in [-0.4, -0.2) is 55.5 Å². The van der Waals surface area contributed by atoms with Gasteiger partial charge in [-0.2, -0.15) is 0 Å². The van der Waals surface area contributed by atoms with E-state index < -0.39 is 44.7 Å². The van der Waals surface area contributed by atoms with E-state index >= 15 is 0 Å². The first-order chi connectivity index (χ1) is 13.5. The number of esters is 1. The summed E-state index contributed by atoms with van der Waals surface area (Å²) in [6, 6.07) is 7.69. The van der Waals surface area contributed by atoms with Crippen molar-refractivity contribution in [2.75, 3.05) is 6.61 Å². The summed E-state index contributed by atoms with van der Waals surface area (Å²) in [6.07, 6.45) is -0.872. The molecule has 0 unspecified atom stereocenters. The fourth-order valence-corrected chi connectivity index (χ4v) is 5.03. The van der Waals surface area contributed by atoms with Crippen LogP contribution in [0.2, 0.25) is 0 Å². The fourth-order valence-electron chi connectivity index (χ4n) is 3.25. The van der Waals surface area contributed by atoms with Gasteiger partial charge in [-0.05, 0) is 19.4 Å². The minimum absolute atomic E-state index is 0.120. The third-order valence-electron chi connectivity index (χ3n) is 4.53. The lowest BCUT2D eigenvalue weighted by Gasteiger charge is -2.43. The fraction of sp³-hybridized carbons (Fsp3) is 0.500. The maximum absolute atomic E-state index is 12.7. The van der Waals surface area contributed by atoms with Crippen molar-refractivity contribution in [3.63, 3.8) is 0 Å². The van der Waals surface area contributed by atoms with Gasteiger partial charge >= 0.3 is 12.1 Å². The van der Waals surface area contributed by atoms with Crippen molar-refractivity contribution in [3.05, 3.63) is 35.9 Å². The van der Waals surface area contributed by atoms with Crippen LogP contribution in [0.5, 0.6) is 0 Å². The monoisotopic (exact) mass is 480 g/mol. The van der Waals surface area contributed by atoms with E-state index in [9.17, 15) is 14.4 Å².